The molecule has 2 saturated carbocycles. The molecule has 2 fully saturated rings. The largest absolute Gasteiger partial charge is 0.326 e. The van der Waals surface area contributed by atoms with Crippen molar-refractivity contribution in [3.8, 4) is 0 Å². The van der Waals surface area contributed by atoms with Crippen molar-refractivity contribution in [3.05, 3.63) is 24.0 Å². The summed E-state index contributed by atoms with van der Waals surface area (Å²) in [5, 5.41) is 5.30. The molecule has 2 aliphatic carbocycles. The maximum absolute atomic E-state index is 13.6. The second-order valence-corrected chi connectivity index (χ2v) is 5.22. The summed E-state index contributed by atoms with van der Waals surface area (Å²) in [6.07, 6.45) is 3.56. The van der Waals surface area contributed by atoms with Gasteiger partial charge >= 0.3 is 0 Å². The van der Waals surface area contributed by atoms with Crippen LogP contribution in [0.15, 0.2) is 18.2 Å². The van der Waals surface area contributed by atoms with Crippen molar-refractivity contribution < 1.29 is 14.0 Å². The van der Waals surface area contributed by atoms with Gasteiger partial charge in [0.15, 0.2) is 0 Å². The fraction of sp³-hybridized carbons (Fsp3) is 0.429. The Morgan fingerprint density at radius 3 is 2.16 bits per heavy atom. The first kappa shape index (κ1) is 12.1. The summed E-state index contributed by atoms with van der Waals surface area (Å²) < 4.78 is 13.6. The number of nitrogens with one attached hydrogen (secondary N) is 2. The van der Waals surface area contributed by atoms with Gasteiger partial charge in [-0.05, 0) is 43.9 Å². The minimum Gasteiger partial charge on any atom is -0.326 e. The zero-order valence-corrected chi connectivity index (χ0v) is 10.4. The van der Waals surface area contributed by atoms with E-state index in [1.807, 2.05) is 0 Å². The average Bonchev–Trinajstić information content (AvgIpc) is 3.26. The van der Waals surface area contributed by atoms with Crippen molar-refractivity contribution in [1.82, 2.24) is 0 Å². The molecule has 2 N–H and O–H groups in total. The van der Waals surface area contributed by atoms with E-state index in [-0.39, 0.29) is 29.3 Å². The number of halogens is 1. The molecule has 2 amide bonds. The summed E-state index contributed by atoms with van der Waals surface area (Å²) in [4.78, 5) is 23.2. The third-order valence-corrected chi connectivity index (χ3v) is 3.39. The van der Waals surface area contributed by atoms with E-state index in [2.05, 4.69) is 10.6 Å². The van der Waals surface area contributed by atoms with E-state index in [4.69, 9.17) is 0 Å². The SMILES string of the molecule is O=C(Nc1ccc(F)c(NC(=O)C2CC2)c1)C1CC1. The van der Waals surface area contributed by atoms with Crippen LogP contribution in [0.4, 0.5) is 15.8 Å². The summed E-state index contributed by atoms with van der Waals surface area (Å²) in [5.74, 6) is -0.562. The molecule has 0 atom stereocenters. The summed E-state index contributed by atoms with van der Waals surface area (Å²) in [6.45, 7) is 0. The van der Waals surface area contributed by atoms with Crippen LogP contribution in [0.25, 0.3) is 0 Å². The topological polar surface area (TPSA) is 58.2 Å². The van der Waals surface area contributed by atoms with Crippen LogP contribution in [0.3, 0.4) is 0 Å². The molecule has 5 heteroatoms. The van der Waals surface area contributed by atoms with Gasteiger partial charge in [-0.2, -0.15) is 0 Å². The Morgan fingerprint density at radius 1 is 1.00 bits per heavy atom. The monoisotopic (exact) mass is 262 g/mol. The van der Waals surface area contributed by atoms with E-state index in [0.717, 1.165) is 25.7 Å². The molecule has 2 aliphatic rings. The lowest BCUT2D eigenvalue weighted by molar-refractivity contribution is -0.118. The smallest absolute Gasteiger partial charge is 0.227 e. The van der Waals surface area contributed by atoms with Gasteiger partial charge in [-0.15, -0.1) is 0 Å². The maximum atomic E-state index is 13.6. The normalized spacial score (nSPS) is 17.9. The van der Waals surface area contributed by atoms with Crippen molar-refractivity contribution in [2.45, 2.75) is 25.7 Å². The molecule has 4 nitrogen and oxygen atoms in total. The number of hydrogen-bond acceptors (Lipinski definition) is 2. The van der Waals surface area contributed by atoms with E-state index in [0.29, 0.717) is 5.69 Å². The summed E-state index contributed by atoms with van der Waals surface area (Å²) >= 11 is 0. The van der Waals surface area contributed by atoms with Gasteiger partial charge < -0.3 is 10.6 Å². The predicted octanol–water partition coefficient (Wildman–Crippen LogP) is 2.52. The number of hydrogen-bond donors (Lipinski definition) is 2. The molecule has 100 valence electrons. The van der Waals surface area contributed by atoms with E-state index >= 15 is 0 Å². The fourth-order valence-corrected chi connectivity index (χ4v) is 1.87. The Kier molecular flexibility index (Phi) is 2.97. The maximum Gasteiger partial charge on any atom is 0.227 e. The number of benzene rings is 1. The van der Waals surface area contributed by atoms with Crippen molar-refractivity contribution in [2.75, 3.05) is 10.6 Å². The Balaban J connectivity index is 1.70. The van der Waals surface area contributed by atoms with Gasteiger partial charge in [0.2, 0.25) is 11.8 Å². The first-order valence-electron chi connectivity index (χ1n) is 6.55. The van der Waals surface area contributed by atoms with Gasteiger partial charge in [0.05, 0.1) is 5.69 Å². The Morgan fingerprint density at radius 2 is 1.58 bits per heavy atom. The van der Waals surface area contributed by atoms with Crippen LogP contribution in [0.1, 0.15) is 25.7 Å². The highest BCUT2D eigenvalue weighted by Crippen LogP contribution is 2.32. The molecule has 0 saturated heterocycles. The lowest BCUT2D eigenvalue weighted by Gasteiger charge is -2.09. The minimum absolute atomic E-state index is 0.0177. The van der Waals surface area contributed by atoms with Crippen LogP contribution in [0.5, 0.6) is 0 Å². The van der Waals surface area contributed by atoms with Crippen LogP contribution in [-0.2, 0) is 9.59 Å². The molecule has 0 aromatic heterocycles. The first-order chi connectivity index (χ1) is 9.13. The van der Waals surface area contributed by atoms with Crippen molar-refractivity contribution in [3.63, 3.8) is 0 Å². The van der Waals surface area contributed by atoms with Crippen LogP contribution in [0, 0.1) is 17.7 Å². The van der Waals surface area contributed by atoms with Gasteiger partial charge in [-0.25, -0.2) is 4.39 Å². The van der Waals surface area contributed by atoms with Gasteiger partial charge in [0, 0.05) is 17.5 Å². The zero-order valence-electron chi connectivity index (χ0n) is 10.4. The molecule has 1 aromatic rings. The molecule has 0 bridgehead atoms. The van der Waals surface area contributed by atoms with E-state index in [1.165, 1.54) is 18.2 Å². The molecule has 0 heterocycles. The molecule has 0 radical (unpaired) electrons. The lowest BCUT2D eigenvalue weighted by atomic mass is 10.2. The van der Waals surface area contributed by atoms with E-state index in [9.17, 15) is 14.0 Å². The molecule has 0 unspecified atom stereocenters. The van der Waals surface area contributed by atoms with Crippen LogP contribution in [-0.4, -0.2) is 11.8 Å². The van der Waals surface area contributed by atoms with Crippen molar-refractivity contribution in [1.29, 1.82) is 0 Å². The highest BCUT2D eigenvalue weighted by Gasteiger charge is 2.31. The van der Waals surface area contributed by atoms with E-state index < -0.39 is 5.82 Å². The third kappa shape index (κ3) is 2.92. The molecule has 0 spiro atoms. The van der Waals surface area contributed by atoms with Crippen LogP contribution >= 0.6 is 0 Å². The number of amides is 2. The minimum atomic E-state index is -0.488. The van der Waals surface area contributed by atoms with Crippen LogP contribution in [0.2, 0.25) is 0 Å². The van der Waals surface area contributed by atoms with Crippen LogP contribution < -0.4 is 10.6 Å². The molecule has 1 aromatic carbocycles. The zero-order chi connectivity index (χ0) is 13.4. The third-order valence-electron chi connectivity index (χ3n) is 3.39. The number of carbonyl (C=O) groups excluding carboxylic acids is 2. The standard InChI is InChI=1S/C14H15FN2O2/c15-11-6-5-10(16-13(18)8-1-2-8)7-12(11)17-14(19)9-3-4-9/h5-9H,1-4H2,(H,16,18)(H,17,19). The Bertz CT molecular complexity index is 536. The summed E-state index contributed by atoms with van der Waals surface area (Å²) in [5.41, 5.74) is 0.648. The molecular weight excluding hydrogens is 247 g/mol. The fourth-order valence-electron chi connectivity index (χ4n) is 1.87. The Hall–Kier alpha value is -1.91. The Labute approximate surface area is 110 Å². The highest BCUT2D eigenvalue weighted by molar-refractivity contribution is 5.97. The number of anilines is 2. The van der Waals surface area contributed by atoms with Gasteiger partial charge in [0.1, 0.15) is 5.82 Å². The summed E-state index contributed by atoms with van der Waals surface area (Å²) in [6, 6.07) is 4.23. The second-order valence-electron chi connectivity index (χ2n) is 5.22. The number of rotatable bonds is 4. The molecule has 3 rings (SSSR count). The average molecular weight is 262 g/mol. The quantitative estimate of drug-likeness (QED) is 0.876. The number of carbonyl (C=O) groups is 2. The second kappa shape index (κ2) is 4.64. The van der Waals surface area contributed by atoms with Gasteiger partial charge in [-0.3, -0.25) is 9.59 Å². The summed E-state index contributed by atoms with van der Waals surface area (Å²) in [7, 11) is 0. The van der Waals surface area contributed by atoms with Crippen molar-refractivity contribution in [2.24, 2.45) is 11.8 Å². The van der Waals surface area contributed by atoms with E-state index in [1.54, 1.807) is 0 Å². The highest BCUT2D eigenvalue weighted by atomic mass is 19.1. The first-order valence-corrected chi connectivity index (χ1v) is 6.55. The molecular formula is C14H15FN2O2. The predicted molar refractivity (Wildman–Crippen MR) is 69.1 cm³/mol. The van der Waals surface area contributed by atoms with Gasteiger partial charge in [-0.1, -0.05) is 0 Å². The van der Waals surface area contributed by atoms with Crippen molar-refractivity contribution >= 4 is 23.2 Å². The molecule has 19 heavy (non-hydrogen) atoms. The molecule has 0 aliphatic heterocycles. The van der Waals surface area contributed by atoms with Gasteiger partial charge in [0.25, 0.3) is 0 Å². The lowest BCUT2D eigenvalue weighted by Crippen LogP contribution is -2.16.